The minimum Gasteiger partial charge on any atom is -0.454 e. The van der Waals surface area contributed by atoms with Gasteiger partial charge in [-0.25, -0.2) is 0 Å². The van der Waals surface area contributed by atoms with Crippen LogP contribution >= 0.6 is 0 Å². The molecule has 0 saturated carbocycles. The van der Waals surface area contributed by atoms with Crippen LogP contribution in [0.3, 0.4) is 0 Å². The van der Waals surface area contributed by atoms with Gasteiger partial charge in [-0.3, -0.25) is 29.3 Å². The normalized spacial score (nSPS) is 19.4. The van der Waals surface area contributed by atoms with E-state index in [1.165, 1.54) is 17.9 Å². The van der Waals surface area contributed by atoms with E-state index in [4.69, 9.17) is 9.47 Å². The number of hydrogen-bond acceptors (Lipinski definition) is 7. The minimum atomic E-state index is -1.16. The quantitative estimate of drug-likeness (QED) is 0.266. The Bertz CT molecular complexity index is 1340. The van der Waals surface area contributed by atoms with Crippen molar-refractivity contribution in [3.8, 4) is 11.5 Å². The van der Waals surface area contributed by atoms with Crippen molar-refractivity contribution in [3.05, 3.63) is 65.7 Å². The summed E-state index contributed by atoms with van der Waals surface area (Å²) in [5.41, 5.74) is 1.49. The summed E-state index contributed by atoms with van der Waals surface area (Å²) in [5.74, 6) is -3.50. The van der Waals surface area contributed by atoms with E-state index >= 15 is 0 Å². The van der Waals surface area contributed by atoms with Crippen LogP contribution in [0.5, 0.6) is 11.5 Å². The predicted molar refractivity (Wildman–Crippen MR) is 146 cm³/mol. The molecule has 0 bridgehead atoms. The highest BCUT2D eigenvalue weighted by molar-refractivity contribution is 6.16. The Balaban J connectivity index is 1.49. The van der Waals surface area contributed by atoms with Gasteiger partial charge in [-0.05, 0) is 35.3 Å². The summed E-state index contributed by atoms with van der Waals surface area (Å²) in [6.07, 6.45) is 2.96. The molecule has 2 aromatic rings. The van der Waals surface area contributed by atoms with Crippen LogP contribution < -0.4 is 20.1 Å². The van der Waals surface area contributed by atoms with Gasteiger partial charge in [0.05, 0.1) is 24.4 Å². The largest absolute Gasteiger partial charge is 0.454 e. The number of Topliss-reactive ketones (excluding diaryl/α,β-unsaturated/α-hetero) is 1. The van der Waals surface area contributed by atoms with E-state index in [9.17, 15) is 24.0 Å². The highest BCUT2D eigenvalue weighted by atomic mass is 16.7. The first kappa shape index (κ1) is 28.5. The number of benzene rings is 2. The van der Waals surface area contributed by atoms with Gasteiger partial charge in [0.25, 0.3) is 0 Å². The van der Waals surface area contributed by atoms with Gasteiger partial charge in [0.1, 0.15) is 5.92 Å². The molecule has 0 aromatic heterocycles. The molecule has 2 heterocycles. The molecule has 0 radical (unpaired) electrons. The fourth-order valence-corrected chi connectivity index (χ4v) is 4.84. The molecule has 2 aliphatic rings. The molecule has 2 aromatic carbocycles. The van der Waals surface area contributed by atoms with Gasteiger partial charge in [-0.2, -0.15) is 0 Å². The second-order valence-corrected chi connectivity index (χ2v) is 10.3. The van der Waals surface area contributed by atoms with Crippen molar-refractivity contribution in [2.45, 2.75) is 39.3 Å². The Hall–Kier alpha value is -4.47. The molecular formula is C30H33N3O7. The molecule has 1 fully saturated rings. The summed E-state index contributed by atoms with van der Waals surface area (Å²) in [5, 5.41) is 4.95. The summed E-state index contributed by atoms with van der Waals surface area (Å²) in [4.78, 5) is 65.4. The van der Waals surface area contributed by atoms with Gasteiger partial charge >= 0.3 is 0 Å². The average molecular weight is 548 g/mol. The molecular weight excluding hydrogens is 514 g/mol. The number of rotatable bonds is 10. The number of nitrogens with zero attached hydrogens (tertiary/aromatic N) is 1. The number of ketones is 1. The zero-order valence-electron chi connectivity index (χ0n) is 22.9. The van der Waals surface area contributed by atoms with Crippen LogP contribution in [0.2, 0.25) is 0 Å². The zero-order valence-corrected chi connectivity index (χ0v) is 22.9. The van der Waals surface area contributed by atoms with E-state index in [1.54, 1.807) is 39.1 Å². The van der Waals surface area contributed by atoms with Gasteiger partial charge in [0.15, 0.2) is 17.3 Å². The molecule has 2 N–H and O–H groups in total. The lowest BCUT2D eigenvalue weighted by molar-refractivity contribution is -0.138. The molecule has 10 heteroatoms. The van der Waals surface area contributed by atoms with Crippen LogP contribution in [0.25, 0.3) is 6.08 Å². The monoisotopic (exact) mass is 547 g/mol. The highest BCUT2D eigenvalue weighted by Crippen LogP contribution is 2.33. The van der Waals surface area contributed by atoms with Crippen LogP contribution in [-0.2, 0) is 24.0 Å². The van der Waals surface area contributed by atoms with E-state index in [1.807, 2.05) is 36.4 Å². The van der Waals surface area contributed by atoms with Crippen LogP contribution in [0.4, 0.5) is 0 Å². The minimum absolute atomic E-state index is 0.119. The van der Waals surface area contributed by atoms with Crippen molar-refractivity contribution in [3.63, 3.8) is 0 Å². The maximum absolute atomic E-state index is 13.3. The first-order valence-corrected chi connectivity index (χ1v) is 13.1. The number of hydrogen-bond donors (Lipinski definition) is 2. The van der Waals surface area contributed by atoms with E-state index in [-0.39, 0.29) is 25.0 Å². The Morgan fingerprint density at radius 2 is 1.75 bits per heavy atom. The average Bonchev–Trinajstić information content (AvgIpc) is 3.50. The summed E-state index contributed by atoms with van der Waals surface area (Å²) in [7, 11) is 1.61. The molecule has 0 unspecified atom stereocenters. The number of nitrogens with one attached hydrogen (secondary N) is 2. The van der Waals surface area contributed by atoms with E-state index < -0.39 is 47.4 Å². The molecule has 4 rings (SSSR count). The van der Waals surface area contributed by atoms with Gasteiger partial charge in [-0.15, -0.1) is 0 Å². The number of ether oxygens (including phenoxy) is 2. The second kappa shape index (κ2) is 12.1. The summed E-state index contributed by atoms with van der Waals surface area (Å²) < 4.78 is 10.7. The zero-order chi connectivity index (χ0) is 29.0. The molecule has 0 aliphatic carbocycles. The molecule has 210 valence electrons. The first-order valence-electron chi connectivity index (χ1n) is 13.1. The molecule has 2 aliphatic heterocycles. The SMILES string of the molecule is CC(C)[C@H](NC(=O)C[C@@H](c1ccccc1)N(C)C(=O)/C=C/c1ccc2c(c1)OCO2)C(=O)[C@@H]1C(=O)NC(=O)[C@H]1C. The van der Waals surface area contributed by atoms with Crippen molar-refractivity contribution >= 4 is 35.5 Å². The van der Waals surface area contributed by atoms with Gasteiger partial charge in [-0.1, -0.05) is 57.2 Å². The maximum atomic E-state index is 13.3. The summed E-state index contributed by atoms with van der Waals surface area (Å²) in [6, 6.07) is 12.9. The van der Waals surface area contributed by atoms with Gasteiger partial charge in [0.2, 0.25) is 30.4 Å². The number of imide groups is 1. The lowest BCUT2D eigenvalue weighted by Gasteiger charge is -2.29. The Labute approximate surface area is 232 Å². The number of carbonyl (C=O) groups excluding carboxylic acids is 5. The smallest absolute Gasteiger partial charge is 0.246 e. The third-order valence-corrected chi connectivity index (χ3v) is 7.23. The Kier molecular flexibility index (Phi) is 8.67. The lowest BCUT2D eigenvalue weighted by Crippen LogP contribution is -2.49. The number of carbonyl (C=O) groups is 5. The van der Waals surface area contributed by atoms with Crippen LogP contribution in [-0.4, -0.2) is 54.2 Å². The molecule has 4 amide bonds. The first-order chi connectivity index (χ1) is 19.1. The highest BCUT2D eigenvalue weighted by Gasteiger charge is 2.46. The molecule has 1 saturated heterocycles. The number of amides is 4. The van der Waals surface area contributed by atoms with Crippen LogP contribution in [0.1, 0.15) is 44.4 Å². The van der Waals surface area contributed by atoms with Crippen molar-refractivity contribution in [1.29, 1.82) is 0 Å². The topological polar surface area (TPSA) is 131 Å². The summed E-state index contributed by atoms with van der Waals surface area (Å²) >= 11 is 0. The Morgan fingerprint density at radius 3 is 2.40 bits per heavy atom. The maximum Gasteiger partial charge on any atom is 0.246 e. The standard InChI is InChI=1S/C30H33N3O7/c1-17(2)27(28(36)26-18(3)29(37)32-30(26)38)31-24(34)15-21(20-8-6-5-7-9-20)33(4)25(35)13-11-19-10-12-22-23(14-19)40-16-39-22/h5-14,17-18,21,26-27H,15-16H2,1-4H3,(H,31,34)(H,32,37,38)/b13-11+/t18-,21-,26+,27-/m0/s1. The van der Waals surface area contributed by atoms with Gasteiger partial charge < -0.3 is 19.7 Å². The van der Waals surface area contributed by atoms with Crippen LogP contribution in [0, 0.1) is 17.8 Å². The molecule has 4 atom stereocenters. The number of likely N-dealkylation sites (N-methyl/N-ethyl adjacent to an activating group) is 1. The predicted octanol–water partition coefficient (Wildman–Crippen LogP) is 2.64. The fraction of sp³-hybridized carbons (Fsp3) is 0.367. The summed E-state index contributed by atoms with van der Waals surface area (Å²) in [6.45, 7) is 5.19. The van der Waals surface area contributed by atoms with E-state index in [0.717, 1.165) is 11.1 Å². The molecule has 40 heavy (non-hydrogen) atoms. The molecule has 0 spiro atoms. The third kappa shape index (κ3) is 6.22. The van der Waals surface area contributed by atoms with Crippen molar-refractivity contribution < 1.29 is 33.4 Å². The van der Waals surface area contributed by atoms with E-state index in [0.29, 0.717) is 11.5 Å². The fourth-order valence-electron chi connectivity index (χ4n) is 4.84. The van der Waals surface area contributed by atoms with Crippen molar-refractivity contribution in [2.24, 2.45) is 17.8 Å². The van der Waals surface area contributed by atoms with E-state index in [2.05, 4.69) is 10.6 Å². The van der Waals surface area contributed by atoms with Gasteiger partial charge in [0, 0.05) is 13.1 Å². The molecule has 10 nitrogen and oxygen atoms in total. The van der Waals surface area contributed by atoms with Crippen molar-refractivity contribution in [1.82, 2.24) is 15.5 Å². The number of fused-ring (bicyclic) bond motifs is 1. The van der Waals surface area contributed by atoms with Crippen LogP contribution in [0.15, 0.2) is 54.6 Å². The lowest BCUT2D eigenvalue weighted by atomic mass is 9.85. The Morgan fingerprint density at radius 1 is 1.05 bits per heavy atom. The second-order valence-electron chi connectivity index (χ2n) is 10.3. The van der Waals surface area contributed by atoms with Crippen molar-refractivity contribution in [2.75, 3.05) is 13.8 Å². The third-order valence-electron chi connectivity index (χ3n) is 7.23.